The Hall–Kier alpha value is -2.22. The number of rotatable bonds is 2. The maximum absolute atomic E-state index is 5.84. The lowest BCUT2D eigenvalue weighted by atomic mass is 10.1. The molecule has 90 valence electrons. The Morgan fingerprint density at radius 3 is 2.28 bits per heavy atom. The van der Waals surface area contributed by atoms with E-state index < -0.39 is 0 Å². The van der Waals surface area contributed by atoms with Crippen molar-refractivity contribution in [3.63, 3.8) is 0 Å². The highest BCUT2D eigenvalue weighted by Gasteiger charge is 2.05. The minimum absolute atomic E-state index is 0.918. The molecule has 1 heterocycles. The van der Waals surface area contributed by atoms with E-state index in [1.54, 1.807) is 0 Å². The van der Waals surface area contributed by atoms with Crippen molar-refractivity contribution in [3.05, 3.63) is 54.6 Å². The largest absolute Gasteiger partial charge is 0.456 e. The highest BCUT2D eigenvalue weighted by molar-refractivity contribution is 5.82. The number of benzene rings is 2. The Balaban J connectivity index is 2.03. The number of furan rings is 1. The van der Waals surface area contributed by atoms with Crippen LogP contribution in [-0.4, -0.2) is 14.1 Å². The van der Waals surface area contributed by atoms with E-state index >= 15 is 0 Å². The van der Waals surface area contributed by atoms with E-state index in [1.165, 1.54) is 5.69 Å². The fourth-order valence-corrected chi connectivity index (χ4v) is 2.05. The number of hydrogen-bond donors (Lipinski definition) is 0. The van der Waals surface area contributed by atoms with Crippen LogP contribution in [0.25, 0.3) is 22.3 Å². The highest BCUT2D eigenvalue weighted by Crippen LogP contribution is 2.28. The van der Waals surface area contributed by atoms with Crippen LogP contribution >= 0.6 is 0 Å². The molecule has 2 heteroatoms. The molecule has 0 atom stereocenters. The Morgan fingerprint density at radius 1 is 0.889 bits per heavy atom. The fraction of sp³-hybridized carbons (Fsp3) is 0.125. The fourth-order valence-electron chi connectivity index (χ4n) is 2.05. The Labute approximate surface area is 106 Å². The van der Waals surface area contributed by atoms with E-state index in [1.807, 2.05) is 32.3 Å². The van der Waals surface area contributed by atoms with Gasteiger partial charge in [0.05, 0.1) is 0 Å². The number of nitrogens with zero attached hydrogens (tertiary/aromatic N) is 1. The third kappa shape index (κ3) is 1.86. The van der Waals surface area contributed by atoms with Crippen molar-refractivity contribution in [2.24, 2.45) is 0 Å². The Morgan fingerprint density at radius 2 is 1.61 bits per heavy atom. The van der Waals surface area contributed by atoms with Crippen molar-refractivity contribution >= 4 is 16.7 Å². The topological polar surface area (TPSA) is 16.4 Å². The summed E-state index contributed by atoms with van der Waals surface area (Å²) in [7, 11) is 4.08. The second-order valence-corrected chi connectivity index (χ2v) is 4.59. The van der Waals surface area contributed by atoms with E-state index in [-0.39, 0.29) is 0 Å². The van der Waals surface area contributed by atoms with E-state index in [2.05, 4.69) is 41.3 Å². The summed E-state index contributed by atoms with van der Waals surface area (Å²) in [5.74, 6) is 0.918. The van der Waals surface area contributed by atoms with Gasteiger partial charge in [-0.15, -0.1) is 0 Å². The van der Waals surface area contributed by atoms with Crippen LogP contribution in [0.15, 0.2) is 59.0 Å². The Kier molecular flexibility index (Phi) is 2.56. The molecule has 18 heavy (non-hydrogen) atoms. The molecular weight excluding hydrogens is 222 g/mol. The maximum Gasteiger partial charge on any atom is 0.135 e. The Bertz CT molecular complexity index is 632. The first-order valence-electron chi connectivity index (χ1n) is 6.00. The molecule has 0 aliphatic heterocycles. The first-order chi connectivity index (χ1) is 8.74. The highest BCUT2D eigenvalue weighted by atomic mass is 16.3. The lowest BCUT2D eigenvalue weighted by molar-refractivity contribution is 0.631. The van der Waals surface area contributed by atoms with Crippen LogP contribution in [0.2, 0.25) is 0 Å². The molecule has 3 aromatic rings. The van der Waals surface area contributed by atoms with Crippen molar-refractivity contribution in [1.29, 1.82) is 0 Å². The molecular formula is C16H15NO. The predicted octanol–water partition coefficient (Wildman–Crippen LogP) is 4.17. The van der Waals surface area contributed by atoms with Crippen LogP contribution in [0, 0.1) is 0 Å². The summed E-state index contributed by atoms with van der Waals surface area (Å²) >= 11 is 0. The molecule has 0 radical (unpaired) electrons. The quantitative estimate of drug-likeness (QED) is 0.665. The summed E-state index contributed by atoms with van der Waals surface area (Å²) in [6, 6.07) is 18.5. The lowest BCUT2D eigenvalue weighted by Gasteiger charge is -2.11. The summed E-state index contributed by atoms with van der Waals surface area (Å²) in [4.78, 5) is 2.09. The first-order valence-corrected chi connectivity index (χ1v) is 6.00. The second-order valence-electron chi connectivity index (χ2n) is 4.59. The molecule has 0 fully saturated rings. The molecule has 0 saturated carbocycles. The zero-order valence-corrected chi connectivity index (χ0v) is 10.6. The molecule has 1 aromatic heterocycles. The van der Waals surface area contributed by atoms with Gasteiger partial charge >= 0.3 is 0 Å². The van der Waals surface area contributed by atoms with Gasteiger partial charge in [-0.25, -0.2) is 0 Å². The summed E-state index contributed by atoms with van der Waals surface area (Å²) in [6.07, 6.45) is 0. The SMILES string of the molecule is CN(C)c1ccc(-c2cc3ccccc3o2)cc1. The standard InChI is InChI=1S/C16H15NO/c1-17(2)14-9-7-12(8-10-14)16-11-13-5-3-4-6-15(13)18-16/h3-11H,1-2H3. The first kappa shape index (κ1) is 10.9. The zero-order chi connectivity index (χ0) is 12.5. The summed E-state index contributed by atoms with van der Waals surface area (Å²) in [6.45, 7) is 0. The van der Waals surface area contributed by atoms with Crippen LogP contribution < -0.4 is 4.90 Å². The van der Waals surface area contributed by atoms with E-state index in [0.29, 0.717) is 0 Å². The zero-order valence-electron chi connectivity index (χ0n) is 10.6. The van der Waals surface area contributed by atoms with Gasteiger partial charge in [0, 0.05) is 30.7 Å². The number of fused-ring (bicyclic) bond motifs is 1. The summed E-state index contributed by atoms with van der Waals surface area (Å²) < 4.78 is 5.84. The van der Waals surface area contributed by atoms with Crippen LogP contribution in [-0.2, 0) is 0 Å². The summed E-state index contributed by atoms with van der Waals surface area (Å²) in [5.41, 5.74) is 3.23. The van der Waals surface area contributed by atoms with Gasteiger partial charge in [0.1, 0.15) is 11.3 Å². The van der Waals surface area contributed by atoms with Gasteiger partial charge in [-0.2, -0.15) is 0 Å². The molecule has 0 N–H and O–H groups in total. The normalized spacial score (nSPS) is 10.8. The second kappa shape index (κ2) is 4.22. The predicted molar refractivity (Wildman–Crippen MR) is 76.0 cm³/mol. The smallest absolute Gasteiger partial charge is 0.135 e. The van der Waals surface area contributed by atoms with Crippen molar-refractivity contribution in [2.75, 3.05) is 19.0 Å². The van der Waals surface area contributed by atoms with Gasteiger partial charge < -0.3 is 9.32 Å². The van der Waals surface area contributed by atoms with Crippen molar-refractivity contribution in [3.8, 4) is 11.3 Å². The monoisotopic (exact) mass is 237 g/mol. The van der Waals surface area contributed by atoms with Crippen molar-refractivity contribution < 1.29 is 4.42 Å². The molecule has 2 nitrogen and oxygen atoms in total. The molecule has 0 amide bonds. The number of para-hydroxylation sites is 1. The average Bonchev–Trinajstić information content (AvgIpc) is 2.82. The number of anilines is 1. The van der Waals surface area contributed by atoms with E-state index in [9.17, 15) is 0 Å². The lowest BCUT2D eigenvalue weighted by Crippen LogP contribution is -2.07. The van der Waals surface area contributed by atoms with Crippen LogP contribution in [0.3, 0.4) is 0 Å². The molecule has 0 aliphatic rings. The molecule has 0 spiro atoms. The van der Waals surface area contributed by atoms with Crippen LogP contribution in [0.1, 0.15) is 0 Å². The average molecular weight is 237 g/mol. The van der Waals surface area contributed by atoms with E-state index in [4.69, 9.17) is 4.42 Å². The summed E-state index contributed by atoms with van der Waals surface area (Å²) in [5, 5.41) is 1.14. The van der Waals surface area contributed by atoms with Crippen LogP contribution in [0.5, 0.6) is 0 Å². The van der Waals surface area contributed by atoms with Gasteiger partial charge in [0.15, 0.2) is 0 Å². The molecule has 2 aromatic carbocycles. The molecule has 0 saturated heterocycles. The van der Waals surface area contributed by atoms with Gasteiger partial charge in [-0.1, -0.05) is 18.2 Å². The van der Waals surface area contributed by atoms with Crippen molar-refractivity contribution in [1.82, 2.24) is 0 Å². The van der Waals surface area contributed by atoms with Gasteiger partial charge in [0.2, 0.25) is 0 Å². The molecule has 0 unspecified atom stereocenters. The molecule has 3 rings (SSSR count). The maximum atomic E-state index is 5.84. The minimum Gasteiger partial charge on any atom is -0.456 e. The van der Waals surface area contributed by atoms with Crippen molar-refractivity contribution in [2.45, 2.75) is 0 Å². The van der Waals surface area contributed by atoms with Gasteiger partial charge in [-0.3, -0.25) is 0 Å². The van der Waals surface area contributed by atoms with E-state index in [0.717, 1.165) is 22.3 Å². The minimum atomic E-state index is 0.918. The third-order valence-electron chi connectivity index (χ3n) is 3.09. The molecule has 0 aliphatic carbocycles. The van der Waals surface area contributed by atoms with Gasteiger partial charge in [-0.05, 0) is 36.4 Å². The number of hydrogen-bond acceptors (Lipinski definition) is 2. The van der Waals surface area contributed by atoms with Crippen LogP contribution in [0.4, 0.5) is 5.69 Å². The third-order valence-corrected chi connectivity index (χ3v) is 3.09. The van der Waals surface area contributed by atoms with Gasteiger partial charge in [0.25, 0.3) is 0 Å². The molecule has 0 bridgehead atoms.